The van der Waals surface area contributed by atoms with Crippen LogP contribution in [0, 0.1) is 0 Å². The Balaban J connectivity index is 1.15. The molecule has 0 fully saturated rings. The molecule has 0 saturated carbocycles. The van der Waals surface area contributed by atoms with Crippen LogP contribution in [-0.2, 0) is 0 Å². The van der Waals surface area contributed by atoms with Crippen molar-refractivity contribution in [3.63, 3.8) is 0 Å². The number of nitrogens with zero attached hydrogens (tertiary/aromatic N) is 2. The van der Waals surface area contributed by atoms with Crippen molar-refractivity contribution < 1.29 is 0 Å². The van der Waals surface area contributed by atoms with Crippen molar-refractivity contribution in [2.75, 3.05) is 0 Å². The van der Waals surface area contributed by atoms with E-state index in [2.05, 4.69) is 207 Å². The summed E-state index contributed by atoms with van der Waals surface area (Å²) in [6.45, 7) is 0. The molecule has 0 saturated heterocycles. The third-order valence-electron chi connectivity index (χ3n) is 12.1. The first-order valence-corrected chi connectivity index (χ1v) is 19.9. The number of rotatable bonds is 4. The van der Waals surface area contributed by atoms with E-state index in [1.54, 1.807) is 0 Å². The van der Waals surface area contributed by atoms with E-state index in [9.17, 15) is 0 Å². The van der Waals surface area contributed by atoms with Crippen LogP contribution in [0.15, 0.2) is 207 Å². The first-order valence-electron chi connectivity index (χ1n) is 19.9. The van der Waals surface area contributed by atoms with Crippen molar-refractivity contribution in [3.8, 4) is 44.5 Å². The zero-order chi connectivity index (χ0) is 38.2. The lowest BCUT2D eigenvalue weighted by molar-refractivity contribution is 1.44. The molecule has 10 aromatic carbocycles. The number of aromatic nitrogens is 2. The molecular weight excluding hydrogens is 701 g/mol. The Labute approximate surface area is 335 Å². The van der Waals surface area contributed by atoms with Gasteiger partial charge >= 0.3 is 0 Å². The summed E-state index contributed by atoms with van der Waals surface area (Å²) >= 11 is 0. The molecule has 0 radical (unpaired) electrons. The number of hydrogen-bond donors (Lipinski definition) is 0. The molecule has 2 heterocycles. The molecule has 2 nitrogen and oxygen atoms in total. The SMILES string of the molecule is c1ccc(-c2c3ccccc3c(-c3ccc(-c4c5ccccc5c(-c5cccc6ccccc56)c5c4cnc4ccccc45)cc3)c3cnc4ccccc4c23)cc1. The molecule has 58 heavy (non-hydrogen) atoms. The highest BCUT2D eigenvalue weighted by molar-refractivity contribution is 6.30. The minimum Gasteiger partial charge on any atom is -0.256 e. The van der Waals surface area contributed by atoms with Crippen LogP contribution in [0.3, 0.4) is 0 Å². The van der Waals surface area contributed by atoms with Crippen LogP contribution >= 0.6 is 0 Å². The molecule has 0 spiro atoms. The summed E-state index contributed by atoms with van der Waals surface area (Å²) in [6, 6.07) is 70.3. The Morgan fingerprint density at radius 1 is 0.241 bits per heavy atom. The second-order valence-corrected chi connectivity index (χ2v) is 15.2. The fourth-order valence-corrected chi connectivity index (χ4v) is 9.65. The van der Waals surface area contributed by atoms with Crippen LogP contribution < -0.4 is 0 Å². The number of benzene rings is 10. The molecule has 0 amide bonds. The highest BCUT2D eigenvalue weighted by Crippen LogP contribution is 2.49. The zero-order valence-electron chi connectivity index (χ0n) is 31.5. The average molecular weight is 735 g/mol. The van der Waals surface area contributed by atoms with Gasteiger partial charge in [0.1, 0.15) is 0 Å². The van der Waals surface area contributed by atoms with Crippen molar-refractivity contribution in [3.05, 3.63) is 207 Å². The second kappa shape index (κ2) is 12.9. The summed E-state index contributed by atoms with van der Waals surface area (Å²) in [7, 11) is 0. The summed E-state index contributed by atoms with van der Waals surface area (Å²) in [5.41, 5.74) is 11.6. The molecule has 0 aliphatic heterocycles. The van der Waals surface area contributed by atoms with Gasteiger partial charge in [-0.25, -0.2) is 0 Å². The maximum Gasteiger partial charge on any atom is 0.0708 e. The molecule has 0 aliphatic rings. The fraction of sp³-hybridized carbons (Fsp3) is 0. The predicted octanol–water partition coefficient (Wildman–Crippen LogP) is 15.2. The van der Waals surface area contributed by atoms with Gasteiger partial charge in [0.05, 0.1) is 11.0 Å². The van der Waals surface area contributed by atoms with Crippen LogP contribution in [0.25, 0.3) is 120 Å². The van der Waals surface area contributed by atoms with Crippen molar-refractivity contribution in [1.82, 2.24) is 9.97 Å². The molecule has 0 bridgehead atoms. The minimum atomic E-state index is 0.993. The lowest BCUT2D eigenvalue weighted by Crippen LogP contribution is -1.95. The molecule has 0 unspecified atom stereocenters. The van der Waals surface area contributed by atoms with Crippen molar-refractivity contribution in [2.45, 2.75) is 0 Å². The number of para-hydroxylation sites is 2. The number of pyridine rings is 2. The summed E-state index contributed by atoms with van der Waals surface area (Å²) < 4.78 is 0. The smallest absolute Gasteiger partial charge is 0.0708 e. The van der Waals surface area contributed by atoms with Gasteiger partial charge in [0.25, 0.3) is 0 Å². The van der Waals surface area contributed by atoms with Crippen LogP contribution in [-0.4, -0.2) is 9.97 Å². The largest absolute Gasteiger partial charge is 0.256 e. The van der Waals surface area contributed by atoms with E-state index in [1.165, 1.54) is 76.5 Å². The summed E-state index contributed by atoms with van der Waals surface area (Å²) in [6.07, 6.45) is 4.19. The molecule has 2 aromatic heterocycles. The van der Waals surface area contributed by atoms with E-state index in [-0.39, 0.29) is 0 Å². The maximum absolute atomic E-state index is 5.08. The lowest BCUT2D eigenvalue weighted by Gasteiger charge is -2.21. The van der Waals surface area contributed by atoms with Crippen LogP contribution in [0.5, 0.6) is 0 Å². The van der Waals surface area contributed by atoms with Crippen molar-refractivity contribution in [1.29, 1.82) is 0 Å². The molecule has 12 rings (SSSR count). The molecule has 0 atom stereocenters. The van der Waals surface area contributed by atoms with Crippen molar-refractivity contribution >= 4 is 75.7 Å². The van der Waals surface area contributed by atoms with Gasteiger partial charge in [0, 0.05) is 44.7 Å². The van der Waals surface area contributed by atoms with Gasteiger partial charge in [-0.2, -0.15) is 0 Å². The minimum absolute atomic E-state index is 0.993. The third kappa shape index (κ3) is 4.85. The number of fused-ring (bicyclic) bond motifs is 9. The van der Waals surface area contributed by atoms with Gasteiger partial charge in [-0.3, -0.25) is 9.97 Å². The monoisotopic (exact) mass is 734 g/mol. The standard InChI is InChI=1S/C56H34N2/c1-2-16-36(17-3-1)53-43-22-8-6-20-41(43)51(47-33-57-49-27-12-10-24-45(49)55(47)53)37-29-31-38(32-30-37)52-42-21-7-9-23-44(42)54(40-26-14-18-35-15-4-5-19-39(35)40)56-46-25-11-13-28-50(46)58-34-48(52)56/h1-34H. The first kappa shape index (κ1) is 32.6. The molecule has 12 aromatic rings. The molecule has 0 aliphatic carbocycles. The van der Waals surface area contributed by atoms with E-state index in [4.69, 9.17) is 9.97 Å². The van der Waals surface area contributed by atoms with E-state index in [1.807, 2.05) is 0 Å². The summed E-state index contributed by atoms with van der Waals surface area (Å²) in [5, 5.41) is 14.4. The Hall–Kier alpha value is -7.68. The van der Waals surface area contributed by atoms with Gasteiger partial charge in [-0.05, 0) is 89.0 Å². The Kier molecular flexibility index (Phi) is 7.26. The van der Waals surface area contributed by atoms with Gasteiger partial charge in [0.15, 0.2) is 0 Å². The molecular formula is C56H34N2. The van der Waals surface area contributed by atoms with Gasteiger partial charge in [-0.1, -0.05) is 182 Å². The summed E-state index contributed by atoms with van der Waals surface area (Å²) in [4.78, 5) is 10.1. The van der Waals surface area contributed by atoms with E-state index in [0.29, 0.717) is 0 Å². The highest BCUT2D eigenvalue weighted by atomic mass is 14.7. The van der Waals surface area contributed by atoms with Crippen LogP contribution in [0.2, 0.25) is 0 Å². The first-order chi connectivity index (χ1) is 28.8. The summed E-state index contributed by atoms with van der Waals surface area (Å²) in [5.74, 6) is 0. The number of hydrogen-bond acceptors (Lipinski definition) is 2. The normalized spacial score (nSPS) is 11.8. The fourth-order valence-electron chi connectivity index (χ4n) is 9.65. The Morgan fingerprint density at radius 3 is 1.21 bits per heavy atom. The lowest BCUT2D eigenvalue weighted by atomic mass is 9.83. The van der Waals surface area contributed by atoms with E-state index in [0.717, 1.165) is 43.7 Å². The zero-order valence-corrected chi connectivity index (χ0v) is 31.5. The van der Waals surface area contributed by atoms with Gasteiger partial charge in [0.2, 0.25) is 0 Å². The van der Waals surface area contributed by atoms with Crippen LogP contribution in [0.4, 0.5) is 0 Å². The highest BCUT2D eigenvalue weighted by Gasteiger charge is 2.22. The van der Waals surface area contributed by atoms with Crippen molar-refractivity contribution in [2.24, 2.45) is 0 Å². The quantitative estimate of drug-likeness (QED) is 0.133. The maximum atomic E-state index is 5.08. The van der Waals surface area contributed by atoms with E-state index < -0.39 is 0 Å². The molecule has 0 N–H and O–H groups in total. The van der Waals surface area contributed by atoms with E-state index >= 15 is 0 Å². The third-order valence-corrected chi connectivity index (χ3v) is 12.1. The predicted molar refractivity (Wildman–Crippen MR) is 246 cm³/mol. The topological polar surface area (TPSA) is 25.8 Å². The van der Waals surface area contributed by atoms with Crippen LogP contribution in [0.1, 0.15) is 0 Å². The van der Waals surface area contributed by atoms with Gasteiger partial charge in [-0.15, -0.1) is 0 Å². The van der Waals surface area contributed by atoms with Gasteiger partial charge < -0.3 is 0 Å². The second-order valence-electron chi connectivity index (χ2n) is 15.2. The molecule has 268 valence electrons. The molecule has 2 heteroatoms. The Morgan fingerprint density at radius 2 is 0.638 bits per heavy atom. The average Bonchev–Trinajstić information content (AvgIpc) is 3.30. The Bertz CT molecular complexity index is 3600.